The van der Waals surface area contributed by atoms with Crippen LogP contribution in [0, 0.1) is 0 Å². The van der Waals surface area contributed by atoms with Crippen molar-refractivity contribution in [3.8, 4) is 5.75 Å². The van der Waals surface area contributed by atoms with Crippen molar-refractivity contribution >= 4 is 17.2 Å². The molecule has 0 aliphatic carbocycles. The van der Waals surface area contributed by atoms with Crippen molar-refractivity contribution in [1.82, 2.24) is 10.2 Å². The minimum absolute atomic E-state index is 0.0513. The molecule has 1 aliphatic heterocycles. The lowest BCUT2D eigenvalue weighted by atomic mass is 9.93. The number of rotatable bonds is 6. The van der Waals surface area contributed by atoms with Gasteiger partial charge in [0.05, 0.1) is 19.7 Å². The van der Waals surface area contributed by atoms with E-state index in [1.54, 1.807) is 7.11 Å². The Bertz CT molecular complexity index is 921. The maximum atomic E-state index is 12.7. The molecule has 0 saturated carbocycles. The van der Waals surface area contributed by atoms with E-state index in [4.69, 9.17) is 4.74 Å². The van der Waals surface area contributed by atoms with Crippen molar-refractivity contribution in [2.75, 3.05) is 20.2 Å². The van der Waals surface area contributed by atoms with Crippen molar-refractivity contribution < 1.29 is 9.53 Å². The van der Waals surface area contributed by atoms with E-state index < -0.39 is 0 Å². The average Bonchev–Trinajstić information content (AvgIpc) is 3.22. The Kier molecular flexibility index (Phi) is 5.74. The number of amides is 1. The minimum Gasteiger partial charge on any atom is -0.497 e. The molecule has 1 amide bonds. The van der Waals surface area contributed by atoms with E-state index in [9.17, 15) is 4.79 Å². The van der Waals surface area contributed by atoms with Crippen LogP contribution in [0.1, 0.15) is 27.6 Å². The summed E-state index contributed by atoms with van der Waals surface area (Å²) in [5, 5.41) is 5.22. The second-order valence-electron chi connectivity index (χ2n) is 6.96. The Morgan fingerprint density at radius 3 is 2.68 bits per heavy atom. The number of thiophene rings is 1. The Morgan fingerprint density at radius 1 is 1.14 bits per heavy atom. The van der Waals surface area contributed by atoms with Crippen molar-refractivity contribution in [3.05, 3.63) is 87.6 Å². The van der Waals surface area contributed by atoms with Gasteiger partial charge in [-0.3, -0.25) is 9.69 Å². The van der Waals surface area contributed by atoms with Gasteiger partial charge < -0.3 is 10.1 Å². The normalized spacial score (nSPS) is 16.4. The molecule has 1 aliphatic rings. The predicted octanol–water partition coefficient (Wildman–Crippen LogP) is 4.02. The Morgan fingerprint density at radius 2 is 1.93 bits per heavy atom. The van der Waals surface area contributed by atoms with Crippen LogP contribution in [-0.2, 0) is 17.8 Å². The lowest BCUT2D eigenvalue weighted by Gasteiger charge is -2.35. The molecule has 1 N–H and O–H groups in total. The first-order valence-corrected chi connectivity index (χ1v) is 10.4. The van der Waals surface area contributed by atoms with E-state index in [2.05, 4.69) is 45.9 Å². The summed E-state index contributed by atoms with van der Waals surface area (Å²) >= 11 is 1.82. The molecule has 1 aromatic heterocycles. The first-order valence-electron chi connectivity index (χ1n) is 9.49. The second kappa shape index (κ2) is 8.59. The molecule has 0 radical (unpaired) electrons. The zero-order chi connectivity index (χ0) is 19.3. The van der Waals surface area contributed by atoms with Gasteiger partial charge >= 0.3 is 0 Å². The highest BCUT2D eigenvalue weighted by Gasteiger charge is 2.30. The molecular weight excluding hydrogens is 368 g/mol. The third-order valence-corrected chi connectivity index (χ3v) is 6.17. The molecular formula is C23H24N2O2S. The first-order chi connectivity index (χ1) is 13.7. The van der Waals surface area contributed by atoms with E-state index in [0.717, 1.165) is 24.3 Å². The monoisotopic (exact) mass is 392 g/mol. The molecule has 144 valence electrons. The highest BCUT2D eigenvalue weighted by molar-refractivity contribution is 7.10. The molecule has 0 spiro atoms. The molecule has 2 aromatic carbocycles. The topological polar surface area (TPSA) is 41.6 Å². The SMILES string of the molecule is COc1ccc(CNC(=O)CN2CCc3sccc3C2c2ccccc2)cc1. The van der Waals surface area contributed by atoms with Crippen LogP contribution >= 0.6 is 11.3 Å². The lowest BCUT2D eigenvalue weighted by molar-refractivity contribution is -0.122. The maximum Gasteiger partial charge on any atom is 0.234 e. The van der Waals surface area contributed by atoms with Crippen LogP contribution in [0.3, 0.4) is 0 Å². The smallest absolute Gasteiger partial charge is 0.234 e. The summed E-state index contributed by atoms with van der Waals surface area (Å²) in [7, 11) is 1.65. The van der Waals surface area contributed by atoms with E-state index in [1.165, 1.54) is 16.0 Å². The summed E-state index contributed by atoms with van der Waals surface area (Å²) in [5.74, 6) is 0.871. The fraction of sp³-hybridized carbons (Fsp3) is 0.261. The van der Waals surface area contributed by atoms with E-state index in [0.29, 0.717) is 13.1 Å². The number of hydrogen-bond donors (Lipinski definition) is 1. The Balaban J connectivity index is 1.44. The number of nitrogens with zero attached hydrogens (tertiary/aromatic N) is 1. The van der Waals surface area contributed by atoms with Gasteiger partial charge in [-0.25, -0.2) is 0 Å². The van der Waals surface area contributed by atoms with Crippen LogP contribution in [0.4, 0.5) is 0 Å². The molecule has 0 saturated heterocycles. The summed E-state index contributed by atoms with van der Waals surface area (Å²) in [6.07, 6.45) is 1.00. The van der Waals surface area contributed by atoms with Crippen molar-refractivity contribution in [1.29, 1.82) is 0 Å². The third-order valence-electron chi connectivity index (χ3n) is 5.18. The van der Waals surface area contributed by atoms with Crippen molar-refractivity contribution in [2.24, 2.45) is 0 Å². The van der Waals surface area contributed by atoms with Crippen LogP contribution < -0.4 is 10.1 Å². The standard InChI is InChI=1S/C23H24N2O2S/c1-27-19-9-7-17(8-10-19)15-24-22(26)16-25-13-11-21-20(12-14-28-21)23(25)18-5-3-2-4-6-18/h2-10,12,14,23H,11,13,15-16H2,1H3,(H,24,26). The minimum atomic E-state index is 0.0513. The molecule has 5 heteroatoms. The van der Waals surface area contributed by atoms with Crippen molar-refractivity contribution in [2.45, 2.75) is 19.0 Å². The fourth-order valence-corrected chi connectivity index (χ4v) is 4.65. The highest BCUT2D eigenvalue weighted by atomic mass is 32.1. The third kappa shape index (κ3) is 4.11. The zero-order valence-corrected chi connectivity index (χ0v) is 16.7. The van der Waals surface area contributed by atoms with Gasteiger partial charge in [-0.15, -0.1) is 11.3 Å². The summed E-state index contributed by atoms with van der Waals surface area (Å²) in [6.45, 7) is 1.81. The van der Waals surface area contributed by atoms with Gasteiger partial charge in [0.25, 0.3) is 0 Å². The Labute approximate surface area is 169 Å². The maximum absolute atomic E-state index is 12.7. The summed E-state index contributed by atoms with van der Waals surface area (Å²) in [5.41, 5.74) is 3.64. The number of methoxy groups -OCH3 is 1. The number of fused-ring (bicyclic) bond motifs is 1. The molecule has 4 nitrogen and oxygen atoms in total. The summed E-state index contributed by atoms with van der Waals surface area (Å²) < 4.78 is 5.18. The molecule has 1 atom stereocenters. The number of nitrogens with one attached hydrogen (secondary N) is 1. The molecule has 1 unspecified atom stereocenters. The number of carbonyl (C=O) groups excluding carboxylic acids is 1. The largest absolute Gasteiger partial charge is 0.497 e. The number of carbonyl (C=O) groups is 1. The number of ether oxygens (including phenoxy) is 1. The van der Waals surface area contributed by atoms with Crippen LogP contribution in [0.15, 0.2) is 66.0 Å². The fourth-order valence-electron chi connectivity index (χ4n) is 3.75. The molecule has 2 heterocycles. The van der Waals surface area contributed by atoms with Crippen LogP contribution in [0.5, 0.6) is 5.75 Å². The average molecular weight is 393 g/mol. The first kappa shape index (κ1) is 18.7. The van der Waals surface area contributed by atoms with Crippen LogP contribution in [-0.4, -0.2) is 31.0 Å². The van der Waals surface area contributed by atoms with Gasteiger partial charge in [-0.05, 0) is 46.7 Å². The van der Waals surface area contributed by atoms with Crippen molar-refractivity contribution in [3.63, 3.8) is 0 Å². The summed E-state index contributed by atoms with van der Waals surface area (Å²) in [6, 6.07) is 20.6. The number of hydrogen-bond acceptors (Lipinski definition) is 4. The second-order valence-corrected chi connectivity index (χ2v) is 7.96. The van der Waals surface area contributed by atoms with Crippen LogP contribution in [0.2, 0.25) is 0 Å². The van der Waals surface area contributed by atoms with Gasteiger partial charge in [0.2, 0.25) is 5.91 Å². The van der Waals surface area contributed by atoms with Gasteiger partial charge in [0.1, 0.15) is 5.75 Å². The summed E-state index contributed by atoms with van der Waals surface area (Å²) in [4.78, 5) is 16.4. The van der Waals surface area contributed by atoms with Gasteiger partial charge in [0, 0.05) is 18.0 Å². The predicted molar refractivity (Wildman–Crippen MR) is 113 cm³/mol. The molecule has 4 rings (SSSR count). The molecule has 3 aromatic rings. The zero-order valence-electron chi connectivity index (χ0n) is 15.9. The molecule has 0 fully saturated rings. The van der Waals surface area contributed by atoms with E-state index in [-0.39, 0.29) is 11.9 Å². The Hall–Kier alpha value is -2.63. The number of benzene rings is 2. The van der Waals surface area contributed by atoms with E-state index >= 15 is 0 Å². The van der Waals surface area contributed by atoms with Gasteiger partial charge in [0.15, 0.2) is 0 Å². The van der Waals surface area contributed by atoms with E-state index in [1.807, 2.05) is 41.7 Å². The molecule has 28 heavy (non-hydrogen) atoms. The highest BCUT2D eigenvalue weighted by Crippen LogP contribution is 2.37. The van der Waals surface area contributed by atoms with Gasteiger partial charge in [-0.1, -0.05) is 42.5 Å². The van der Waals surface area contributed by atoms with Gasteiger partial charge in [-0.2, -0.15) is 0 Å². The molecule has 0 bridgehead atoms. The lowest BCUT2D eigenvalue weighted by Crippen LogP contribution is -2.42. The quantitative estimate of drug-likeness (QED) is 0.689. The van der Waals surface area contributed by atoms with Crippen LogP contribution in [0.25, 0.3) is 0 Å².